The van der Waals surface area contributed by atoms with Crippen LogP contribution in [0.5, 0.6) is 0 Å². The molecule has 4 N–H and O–H groups in total. The minimum atomic E-state index is -0.561. The van der Waals surface area contributed by atoms with E-state index in [0.29, 0.717) is 16.7 Å². The van der Waals surface area contributed by atoms with Gasteiger partial charge in [0.25, 0.3) is 0 Å². The van der Waals surface area contributed by atoms with E-state index in [1.165, 1.54) is 35.0 Å². The van der Waals surface area contributed by atoms with Gasteiger partial charge < -0.3 is 11.1 Å². The van der Waals surface area contributed by atoms with Crippen LogP contribution in [-0.2, 0) is 17.6 Å². The van der Waals surface area contributed by atoms with Crippen LogP contribution in [0.4, 0.5) is 16.3 Å². The van der Waals surface area contributed by atoms with Crippen molar-refractivity contribution < 1.29 is 9.59 Å². The Hall–Kier alpha value is -2.65. The van der Waals surface area contributed by atoms with Crippen LogP contribution in [-0.4, -0.2) is 27.7 Å². The fourth-order valence-corrected chi connectivity index (χ4v) is 5.61. The Morgan fingerprint density at radius 3 is 2.80 bits per heavy atom. The molecule has 0 saturated heterocycles. The van der Waals surface area contributed by atoms with Gasteiger partial charge in [-0.3, -0.25) is 10.1 Å². The molecule has 1 aliphatic rings. The van der Waals surface area contributed by atoms with Crippen molar-refractivity contribution in [2.24, 2.45) is 0 Å². The van der Waals surface area contributed by atoms with Crippen molar-refractivity contribution in [3.05, 3.63) is 39.8 Å². The molecule has 7 nitrogen and oxygen atoms in total. The van der Waals surface area contributed by atoms with E-state index in [2.05, 4.69) is 20.6 Å². The molecule has 0 unspecified atom stereocenters. The van der Waals surface area contributed by atoms with Crippen molar-refractivity contribution in [3.8, 4) is 0 Å². The maximum Gasteiger partial charge on any atom is 0.325 e. The molecule has 0 radical (unpaired) electrons. The first-order valence-corrected chi connectivity index (χ1v) is 11.6. The van der Waals surface area contributed by atoms with Crippen molar-refractivity contribution >= 4 is 56.8 Å². The highest BCUT2D eigenvalue weighted by atomic mass is 32.2. The van der Waals surface area contributed by atoms with E-state index >= 15 is 0 Å². The highest BCUT2D eigenvalue weighted by Crippen LogP contribution is 2.38. The van der Waals surface area contributed by atoms with Gasteiger partial charge in [-0.15, -0.1) is 11.3 Å². The summed E-state index contributed by atoms with van der Waals surface area (Å²) in [6.07, 6.45) is 4.45. The maximum atomic E-state index is 12.2. The second-order valence-electron chi connectivity index (χ2n) is 7.39. The molecule has 0 bridgehead atoms. The Balaban J connectivity index is 1.37. The summed E-state index contributed by atoms with van der Waals surface area (Å²) in [5.74, 6) is 0.0704. The number of thioether (sulfide) groups is 1. The van der Waals surface area contributed by atoms with Crippen LogP contribution < -0.4 is 16.4 Å². The number of aromatic nitrogens is 2. The quantitative estimate of drug-likeness (QED) is 0.413. The lowest BCUT2D eigenvalue weighted by Gasteiger charge is -2.11. The lowest BCUT2D eigenvalue weighted by atomic mass is 9.97. The van der Waals surface area contributed by atoms with E-state index in [4.69, 9.17) is 5.73 Å². The van der Waals surface area contributed by atoms with Gasteiger partial charge in [0.05, 0.1) is 11.1 Å². The summed E-state index contributed by atoms with van der Waals surface area (Å²) >= 11 is 2.84. The van der Waals surface area contributed by atoms with E-state index in [1.807, 2.05) is 32.0 Å². The van der Waals surface area contributed by atoms with Gasteiger partial charge in [0.15, 0.2) is 5.16 Å². The number of fused-ring (bicyclic) bond motifs is 3. The first-order valence-electron chi connectivity index (χ1n) is 9.79. The zero-order valence-electron chi connectivity index (χ0n) is 16.9. The SMILES string of the molecule is Cc1ccc(NC(=O)NC(=O)CSc2nc(N)c3c4c(sc3n2)CCCC4)c(C)c1. The first-order chi connectivity index (χ1) is 14.4. The maximum absolute atomic E-state index is 12.2. The number of hydrogen-bond acceptors (Lipinski definition) is 7. The normalized spacial score (nSPS) is 13.1. The van der Waals surface area contributed by atoms with E-state index in [0.717, 1.165) is 34.2 Å². The highest BCUT2D eigenvalue weighted by molar-refractivity contribution is 7.99. The van der Waals surface area contributed by atoms with E-state index in [-0.39, 0.29) is 5.75 Å². The number of nitrogens with one attached hydrogen (secondary N) is 2. The Morgan fingerprint density at radius 1 is 1.20 bits per heavy atom. The van der Waals surface area contributed by atoms with E-state index < -0.39 is 11.9 Å². The molecular formula is C21H23N5O2S2. The molecule has 2 aromatic heterocycles. The summed E-state index contributed by atoms with van der Waals surface area (Å²) in [7, 11) is 0. The van der Waals surface area contributed by atoms with Crippen LogP contribution in [0.1, 0.15) is 34.4 Å². The predicted molar refractivity (Wildman–Crippen MR) is 122 cm³/mol. The number of thiophene rings is 1. The summed E-state index contributed by atoms with van der Waals surface area (Å²) in [5.41, 5.74) is 10.2. The van der Waals surface area contributed by atoms with Crippen LogP contribution in [0.15, 0.2) is 23.4 Å². The predicted octanol–water partition coefficient (Wildman–Crippen LogP) is 4.21. The summed E-state index contributed by atoms with van der Waals surface area (Å²) < 4.78 is 0. The molecule has 1 aliphatic carbocycles. The summed E-state index contributed by atoms with van der Waals surface area (Å²) in [5, 5.41) is 6.45. The number of hydrogen-bond donors (Lipinski definition) is 3. The Morgan fingerprint density at radius 2 is 2.00 bits per heavy atom. The standard InChI is InChI=1S/C21H23N5O2S2/c1-11-7-8-14(12(2)9-11)23-20(28)24-16(27)10-29-21-25-18(22)17-13-5-3-4-6-15(13)30-19(17)26-21/h7-9H,3-6,10H2,1-2H3,(H2,22,25,26)(H2,23,24,27,28). The van der Waals surface area contributed by atoms with Gasteiger partial charge >= 0.3 is 6.03 Å². The number of carbonyl (C=O) groups is 2. The van der Waals surface area contributed by atoms with Crippen LogP contribution >= 0.6 is 23.1 Å². The first kappa shape index (κ1) is 20.6. The molecule has 0 fully saturated rings. The van der Waals surface area contributed by atoms with Crippen LogP contribution in [0.2, 0.25) is 0 Å². The molecule has 3 amide bonds. The van der Waals surface area contributed by atoms with Gasteiger partial charge in [-0.2, -0.15) is 0 Å². The molecule has 2 heterocycles. The molecule has 1 aromatic carbocycles. The number of nitrogens with two attached hydrogens (primary N) is 1. The minimum absolute atomic E-state index is 0.0241. The third-order valence-corrected chi connectivity index (χ3v) is 7.07. The summed E-state index contributed by atoms with van der Waals surface area (Å²) in [6.45, 7) is 3.88. The number of amides is 3. The second kappa shape index (κ2) is 8.61. The lowest BCUT2D eigenvalue weighted by Crippen LogP contribution is -2.35. The number of urea groups is 1. The molecular weight excluding hydrogens is 418 g/mol. The molecule has 9 heteroatoms. The smallest absolute Gasteiger partial charge is 0.325 e. The Kier molecular flexibility index (Phi) is 5.92. The topological polar surface area (TPSA) is 110 Å². The number of rotatable bonds is 4. The fraction of sp³-hybridized carbons (Fsp3) is 0.333. The number of nitrogens with zero attached hydrogens (tertiary/aromatic N) is 2. The number of nitrogen functional groups attached to an aromatic ring is 1. The Labute approximate surface area is 182 Å². The van der Waals surface area contributed by atoms with Crippen molar-refractivity contribution in [1.82, 2.24) is 15.3 Å². The zero-order chi connectivity index (χ0) is 21.3. The van der Waals surface area contributed by atoms with Gasteiger partial charge in [0, 0.05) is 10.6 Å². The summed E-state index contributed by atoms with van der Waals surface area (Å²) in [6, 6.07) is 5.12. The van der Waals surface area contributed by atoms with Gasteiger partial charge in [-0.1, -0.05) is 29.5 Å². The van der Waals surface area contributed by atoms with E-state index in [1.54, 1.807) is 11.3 Å². The molecule has 3 aromatic rings. The third-order valence-electron chi connectivity index (χ3n) is 5.04. The van der Waals surface area contributed by atoms with Gasteiger partial charge in [0.2, 0.25) is 5.91 Å². The van der Waals surface area contributed by atoms with Crippen LogP contribution in [0.3, 0.4) is 0 Å². The molecule has 0 atom stereocenters. The monoisotopic (exact) mass is 441 g/mol. The number of benzene rings is 1. The number of imide groups is 1. The van der Waals surface area contributed by atoms with Crippen LogP contribution in [0, 0.1) is 13.8 Å². The van der Waals surface area contributed by atoms with Crippen molar-refractivity contribution in [1.29, 1.82) is 0 Å². The number of carbonyl (C=O) groups excluding carboxylic acids is 2. The van der Waals surface area contributed by atoms with E-state index in [9.17, 15) is 9.59 Å². The summed E-state index contributed by atoms with van der Waals surface area (Å²) in [4.78, 5) is 35.5. The number of aryl methyl sites for hydroxylation is 4. The average molecular weight is 442 g/mol. The highest BCUT2D eigenvalue weighted by Gasteiger charge is 2.20. The van der Waals surface area contributed by atoms with Crippen molar-refractivity contribution in [3.63, 3.8) is 0 Å². The van der Waals surface area contributed by atoms with Gasteiger partial charge in [-0.05, 0) is 56.7 Å². The zero-order valence-corrected chi connectivity index (χ0v) is 18.5. The van der Waals surface area contributed by atoms with Gasteiger partial charge in [0.1, 0.15) is 10.6 Å². The molecule has 0 spiro atoms. The molecule has 156 valence electrons. The van der Waals surface area contributed by atoms with Crippen molar-refractivity contribution in [2.75, 3.05) is 16.8 Å². The molecule has 30 heavy (non-hydrogen) atoms. The van der Waals surface area contributed by atoms with Crippen molar-refractivity contribution in [2.45, 2.75) is 44.7 Å². The molecule has 0 saturated carbocycles. The van der Waals surface area contributed by atoms with Gasteiger partial charge in [-0.25, -0.2) is 14.8 Å². The second-order valence-corrected chi connectivity index (χ2v) is 9.42. The number of anilines is 2. The lowest BCUT2D eigenvalue weighted by molar-refractivity contribution is -0.117. The Bertz CT molecular complexity index is 1140. The molecule has 0 aliphatic heterocycles. The molecule has 4 rings (SSSR count). The largest absolute Gasteiger partial charge is 0.383 e. The average Bonchev–Trinajstić information content (AvgIpc) is 3.07. The van der Waals surface area contributed by atoms with Crippen LogP contribution in [0.25, 0.3) is 10.2 Å². The minimum Gasteiger partial charge on any atom is -0.383 e. The fourth-order valence-electron chi connectivity index (χ4n) is 3.63. The third kappa shape index (κ3) is 4.41.